The lowest BCUT2D eigenvalue weighted by Crippen LogP contribution is -2.36. The predicted molar refractivity (Wildman–Crippen MR) is 238 cm³/mol. The number of nitrogens with one attached hydrogen (secondary N) is 5. The van der Waals surface area contributed by atoms with Gasteiger partial charge < -0.3 is 83.8 Å². The number of carbonyl (C=O) groups is 4. The standard InChI is InChI=1S/C41H74N8O16S/c50-37(4-2-1-3-36-39-35(33-66-36)45-40(52)46-39)44-31-34-32-49(48-47-34)8-12-58-16-20-62-24-28-65-30-29-63-25-21-59-17-13-55-9-5-38(51)42-6-10-56-14-18-60-22-26-64-27-23-61-19-15-57-11-7-43-41(53)54/h32,35-36,39,43H,1-31,33H2,(H,42,51)(H,44,50)(H,53,54)(H2,45,46,52)/t35-,36-,39-/m0/s1. The van der Waals surface area contributed by atoms with Crippen molar-refractivity contribution in [3.8, 4) is 0 Å². The topological polar surface area (TPSA) is 281 Å². The SMILES string of the molecule is O=C(O)NCCOCCOCCOCCOCCOCCNC(=O)CCOCCOCCOCCOCCOCCOCCn1cc(CNC(=O)CCCC[C@@H]2SC[C@@H]3NC(=O)N[C@@H]32)nn1. The molecule has 3 rings (SSSR count). The number of nitrogens with zero attached hydrogens (tertiary/aromatic N) is 3. The molecule has 1 aromatic rings. The molecule has 2 fully saturated rings. The number of fused-ring (bicyclic) bond motifs is 1. The Balaban J connectivity index is 0.932. The maximum absolute atomic E-state index is 12.3. The number of unbranched alkanes of at least 4 members (excludes halogenated alkanes) is 1. The normalized spacial score (nSPS) is 16.5. The average molecular weight is 967 g/mol. The molecule has 2 aliphatic heterocycles. The highest BCUT2D eigenvalue weighted by Crippen LogP contribution is 2.33. The Kier molecular flexibility index (Phi) is 34.0. The summed E-state index contributed by atoms with van der Waals surface area (Å²) in [4.78, 5) is 46.0. The van der Waals surface area contributed by atoms with Crippen LogP contribution < -0.4 is 26.6 Å². The van der Waals surface area contributed by atoms with Gasteiger partial charge in [0.25, 0.3) is 0 Å². The molecule has 0 aliphatic carbocycles. The third-order valence-electron chi connectivity index (χ3n) is 9.51. The molecule has 0 spiro atoms. The molecule has 0 unspecified atom stereocenters. The van der Waals surface area contributed by atoms with Crippen molar-refractivity contribution in [3.05, 3.63) is 11.9 Å². The minimum atomic E-state index is -1.07. The van der Waals surface area contributed by atoms with Crippen LogP contribution in [0.2, 0.25) is 0 Å². The Bertz CT molecular complexity index is 1410. The second-order valence-electron chi connectivity index (χ2n) is 14.7. The van der Waals surface area contributed by atoms with E-state index < -0.39 is 6.09 Å². The van der Waals surface area contributed by atoms with Gasteiger partial charge in [-0.3, -0.25) is 9.59 Å². The van der Waals surface area contributed by atoms with Crippen molar-refractivity contribution in [2.45, 2.75) is 62.5 Å². The summed E-state index contributed by atoms with van der Waals surface area (Å²) in [5, 5.41) is 30.9. The quantitative estimate of drug-likeness (QED) is 0.0357. The zero-order chi connectivity index (χ0) is 47.0. The number of carboxylic acid groups (broad SMARTS) is 1. The van der Waals surface area contributed by atoms with Crippen LogP contribution in [-0.2, 0) is 74.8 Å². The summed E-state index contributed by atoms with van der Waals surface area (Å²) in [5.74, 6) is 0.819. The predicted octanol–water partition coefficient (Wildman–Crippen LogP) is -0.423. The van der Waals surface area contributed by atoms with Gasteiger partial charge >= 0.3 is 12.1 Å². The summed E-state index contributed by atoms with van der Waals surface area (Å²) in [6.07, 6.45) is 4.17. The second-order valence-corrected chi connectivity index (χ2v) is 16.0. The lowest BCUT2D eigenvalue weighted by molar-refractivity contribution is -0.123. The fraction of sp³-hybridized carbons (Fsp3) is 0.854. The van der Waals surface area contributed by atoms with Gasteiger partial charge in [-0.05, 0) is 12.8 Å². The van der Waals surface area contributed by atoms with E-state index >= 15 is 0 Å². The third-order valence-corrected chi connectivity index (χ3v) is 11.0. The molecular formula is C41H74N8O16S. The largest absolute Gasteiger partial charge is 0.465 e. The van der Waals surface area contributed by atoms with E-state index in [9.17, 15) is 19.2 Å². The molecule has 66 heavy (non-hydrogen) atoms. The van der Waals surface area contributed by atoms with Crippen LogP contribution in [0.25, 0.3) is 0 Å². The van der Waals surface area contributed by atoms with E-state index in [1.54, 1.807) is 10.9 Å². The minimum Gasteiger partial charge on any atom is -0.465 e. The van der Waals surface area contributed by atoms with E-state index in [0.717, 1.165) is 25.0 Å². The Labute approximate surface area is 391 Å². The van der Waals surface area contributed by atoms with E-state index in [1.807, 2.05) is 11.8 Å². The number of rotatable bonds is 46. The van der Waals surface area contributed by atoms with Crippen LogP contribution >= 0.6 is 11.8 Å². The summed E-state index contributed by atoms with van der Waals surface area (Å²) < 4.78 is 61.7. The maximum Gasteiger partial charge on any atom is 0.404 e. The first kappa shape index (κ1) is 56.9. The number of carbonyl (C=O) groups excluding carboxylic acids is 3. The van der Waals surface area contributed by atoms with Crippen LogP contribution in [0.3, 0.4) is 0 Å². The fourth-order valence-electron chi connectivity index (χ4n) is 6.17. The molecule has 3 atom stereocenters. The lowest BCUT2D eigenvalue weighted by Gasteiger charge is -2.16. The molecule has 1 aromatic heterocycles. The van der Waals surface area contributed by atoms with Crippen LogP contribution in [0.4, 0.5) is 9.59 Å². The van der Waals surface area contributed by atoms with Crippen molar-refractivity contribution in [1.82, 2.24) is 41.6 Å². The molecule has 380 valence electrons. The van der Waals surface area contributed by atoms with Gasteiger partial charge in [0.05, 0.1) is 177 Å². The number of hydrogen-bond acceptors (Lipinski definition) is 18. The Hall–Kier alpha value is -3.47. The molecule has 0 saturated carbocycles. The Morgan fingerprint density at radius 3 is 1.61 bits per heavy atom. The first-order chi connectivity index (χ1) is 32.4. The molecular weight excluding hydrogens is 893 g/mol. The van der Waals surface area contributed by atoms with E-state index in [2.05, 4.69) is 36.9 Å². The number of urea groups is 1. The molecule has 0 aromatic carbocycles. The van der Waals surface area contributed by atoms with Crippen molar-refractivity contribution >= 4 is 35.7 Å². The van der Waals surface area contributed by atoms with Gasteiger partial charge in [-0.1, -0.05) is 11.6 Å². The zero-order valence-electron chi connectivity index (χ0n) is 38.3. The van der Waals surface area contributed by atoms with Crippen molar-refractivity contribution in [3.63, 3.8) is 0 Å². The van der Waals surface area contributed by atoms with Crippen LogP contribution in [0, 0.1) is 0 Å². The van der Waals surface area contributed by atoms with Crippen molar-refractivity contribution in [2.75, 3.05) is 164 Å². The molecule has 6 N–H and O–H groups in total. The van der Waals surface area contributed by atoms with Crippen LogP contribution in [0.5, 0.6) is 0 Å². The maximum atomic E-state index is 12.3. The molecule has 24 nitrogen and oxygen atoms in total. The number of hydrogen-bond donors (Lipinski definition) is 6. The monoisotopic (exact) mass is 966 g/mol. The highest BCUT2D eigenvalue weighted by molar-refractivity contribution is 8.00. The van der Waals surface area contributed by atoms with Crippen molar-refractivity contribution < 1.29 is 76.4 Å². The van der Waals surface area contributed by atoms with E-state index in [4.69, 9.17) is 57.2 Å². The smallest absolute Gasteiger partial charge is 0.404 e. The molecule has 2 aliphatic rings. The average Bonchev–Trinajstić information content (AvgIpc) is 4.03. The summed E-state index contributed by atoms with van der Waals surface area (Å²) in [6, 6.07) is 0.349. The van der Waals surface area contributed by atoms with Gasteiger partial charge in [0, 0.05) is 36.9 Å². The lowest BCUT2D eigenvalue weighted by atomic mass is 10.0. The Morgan fingerprint density at radius 1 is 0.606 bits per heavy atom. The van der Waals surface area contributed by atoms with Gasteiger partial charge in [-0.2, -0.15) is 11.8 Å². The number of ether oxygens (including phenoxy) is 11. The minimum absolute atomic E-state index is 0.00857. The van der Waals surface area contributed by atoms with Crippen molar-refractivity contribution in [2.24, 2.45) is 0 Å². The van der Waals surface area contributed by atoms with Gasteiger partial charge in [-0.25, -0.2) is 14.3 Å². The number of aromatic nitrogens is 3. The van der Waals surface area contributed by atoms with Crippen LogP contribution in [0.1, 0.15) is 37.8 Å². The summed E-state index contributed by atoms with van der Waals surface area (Å²) in [5.41, 5.74) is 0.688. The fourth-order valence-corrected chi connectivity index (χ4v) is 7.71. The molecule has 3 heterocycles. The molecule has 25 heteroatoms. The highest BCUT2D eigenvalue weighted by atomic mass is 32.2. The van der Waals surface area contributed by atoms with Gasteiger partial charge in [-0.15, -0.1) is 5.10 Å². The molecule has 2 saturated heterocycles. The van der Waals surface area contributed by atoms with Crippen LogP contribution in [0.15, 0.2) is 6.20 Å². The van der Waals surface area contributed by atoms with Gasteiger partial charge in [0.15, 0.2) is 0 Å². The summed E-state index contributed by atoms with van der Waals surface area (Å²) in [6.45, 7) is 10.6. The number of amides is 5. The first-order valence-electron chi connectivity index (χ1n) is 22.8. The third kappa shape index (κ3) is 30.7. The summed E-state index contributed by atoms with van der Waals surface area (Å²) in [7, 11) is 0. The highest BCUT2D eigenvalue weighted by Gasteiger charge is 2.42. The first-order valence-corrected chi connectivity index (χ1v) is 23.9. The van der Waals surface area contributed by atoms with Gasteiger partial charge in [0.2, 0.25) is 11.8 Å². The molecule has 0 bridgehead atoms. The summed E-state index contributed by atoms with van der Waals surface area (Å²) >= 11 is 1.89. The number of thioether (sulfide) groups is 1. The van der Waals surface area contributed by atoms with E-state index in [1.165, 1.54) is 0 Å². The van der Waals surface area contributed by atoms with E-state index in [-0.39, 0.29) is 42.9 Å². The van der Waals surface area contributed by atoms with E-state index in [0.29, 0.717) is 182 Å². The van der Waals surface area contributed by atoms with Crippen molar-refractivity contribution in [1.29, 1.82) is 0 Å². The molecule has 0 radical (unpaired) electrons. The molecule has 5 amide bonds. The van der Waals surface area contributed by atoms with Gasteiger partial charge in [0.1, 0.15) is 5.69 Å². The van der Waals surface area contributed by atoms with Crippen LogP contribution in [-0.4, -0.2) is 226 Å². The second kappa shape index (κ2) is 39.5. The zero-order valence-corrected chi connectivity index (χ0v) is 39.1. The Morgan fingerprint density at radius 2 is 1.08 bits per heavy atom.